The Morgan fingerprint density at radius 3 is 2.58 bits per heavy atom. The normalized spacial score (nSPS) is 10.8. The van der Waals surface area contributed by atoms with Crippen LogP contribution in [0.1, 0.15) is 35.9 Å². The molecule has 164 valence electrons. The van der Waals surface area contributed by atoms with Gasteiger partial charge in [0.15, 0.2) is 0 Å². The van der Waals surface area contributed by atoms with Gasteiger partial charge in [0.1, 0.15) is 12.4 Å². The van der Waals surface area contributed by atoms with Crippen LogP contribution in [0.5, 0.6) is 5.75 Å². The van der Waals surface area contributed by atoms with Crippen LogP contribution in [0.25, 0.3) is 22.2 Å². The van der Waals surface area contributed by atoms with Crippen molar-refractivity contribution in [2.24, 2.45) is 0 Å². The summed E-state index contributed by atoms with van der Waals surface area (Å²) in [7, 11) is 0. The van der Waals surface area contributed by atoms with Gasteiger partial charge < -0.3 is 10.1 Å². The van der Waals surface area contributed by atoms with E-state index < -0.39 is 5.91 Å². The highest BCUT2D eigenvalue weighted by molar-refractivity contribution is 6.31. The Kier molecular flexibility index (Phi) is 6.58. The van der Waals surface area contributed by atoms with E-state index in [-0.39, 0.29) is 12.4 Å². The topological polar surface area (TPSA) is 64.1 Å². The van der Waals surface area contributed by atoms with E-state index in [1.165, 1.54) is 5.56 Å². The number of anilines is 1. The van der Waals surface area contributed by atoms with Crippen LogP contribution in [0.3, 0.4) is 0 Å². The van der Waals surface area contributed by atoms with Crippen molar-refractivity contribution in [3.8, 4) is 29.4 Å². The first-order valence-electron chi connectivity index (χ1n) is 10.5. The molecule has 0 aliphatic carbocycles. The highest BCUT2D eigenvalue weighted by atomic mass is 35.5. The smallest absolute Gasteiger partial charge is 0.293 e. The van der Waals surface area contributed by atoms with E-state index in [9.17, 15) is 4.79 Å². The summed E-state index contributed by atoms with van der Waals surface area (Å²) in [6, 6.07) is 20.5. The summed E-state index contributed by atoms with van der Waals surface area (Å²) >= 11 is 6.04. The third-order valence-corrected chi connectivity index (χ3v) is 5.36. The van der Waals surface area contributed by atoms with Crippen LogP contribution in [0, 0.1) is 12.3 Å². The summed E-state index contributed by atoms with van der Waals surface area (Å²) in [6.45, 7) is 4.44. The van der Waals surface area contributed by atoms with Gasteiger partial charge in [-0.3, -0.25) is 4.79 Å². The fourth-order valence-electron chi connectivity index (χ4n) is 3.42. The minimum absolute atomic E-state index is 0.0581. The lowest BCUT2D eigenvalue weighted by Gasteiger charge is -2.12. The van der Waals surface area contributed by atoms with Gasteiger partial charge >= 0.3 is 0 Å². The molecule has 4 rings (SSSR count). The van der Waals surface area contributed by atoms with Gasteiger partial charge in [0.05, 0.1) is 11.2 Å². The molecule has 0 radical (unpaired) electrons. The first kappa shape index (κ1) is 22.3. The van der Waals surface area contributed by atoms with Crippen molar-refractivity contribution in [3.63, 3.8) is 0 Å². The Morgan fingerprint density at radius 1 is 1.09 bits per heavy atom. The molecule has 0 spiro atoms. The van der Waals surface area contributed by atoms with E-state index in [4.69, 9.17) is 22.8 Å². The van der Waals surface area contributed by atoms with Crippen molar-refractivity contribution in [1.29, 1.82) is 0 Å². The predicted octanol–water partition coefficient (Wildman–Crippen LogP) is 6.34. The number of halogens is 1. The number of rotatable bonds is 6. The van der Waals surface area contributed by atoms with E-state index in [2.05, 4.69) is 47.2 Å². The van der Waals surface area contributed by atoms with Crippen LogP contribution < -0.4 is 10.1 Å². The number of nitrogens with zero attached hydrogens (tertiary/aromatic N) is 2. The molecule has 0 saturated heterocycles. The minimum atomic E-state index is -0.424. The Labute approximate surface area is 197 Å². The minimum Gasteiger partial charge on any atom is -0.481 e. The van der Waals surface area contributed by atoms with Gasteiger partial charge in [0.25, 0.3) is 5.91 Å². The quantitative estimate of drug-likeness (QED) is 0.344. The highest BCUT2D eigenvalue weighted by Gasteiger charge is 2.17. The SMILES string of the molecule is C#CCOc1ccc2nc(C(=O)Nc3cccc(Cl)c3)nc(-c3ccc(C(C)C)cc3)c2c1. The second-order valence-electron chi connectivity index (χ2n) is 7.81. The molecule has 5 nitrogen and oxygen atoms in total. The van der Waals surface area contributed by atoms with Crippen LogP contribution in [0.15, 0.2) is 66.7 Å². The van der Waals surface area contributed by atoms with Gasteiger partial charge in [0.2, 0.25) is 5.82 Å². The van der Waals surface area contributed by atoms with E-state index in [0.29, 0.717) is 33.6 Å². The highest BCUT2D eigenvalue weighted by Crippen LogP contribution is 2.30. The van der Waals surface area contributed by atoms with Crippen molar-refractivity contribution >= 4 is 34.1 Å². The van der Waals surface area contributed by atoms with Gasteiger partial charge in [-0.2, -0.15) is 0 Å². The summed E-state index contributed by atoms with van der Waals surface area (Å²) < 4.78 is 5.59. The number of aromatic nitrogens is 2. The lowest BCUT2D eigenvalue weighted by atomic mass is 9.99. The largest absolute Gasteiger partial charge is 0.481 e. The fraction of sp³-hybridized carbons (Fsp3) is 0.148. The van der Waals surface area contributed by atoms with Crippen LogP contribution in [0.4, 0.5) is 5.69 Å². The van der Waals surface area contributed by atoms with Gasteiger partial charge in [-0.05, 0) is 47.9 Å². The molecular weight excluding hydrogens is 434 g/mol. The Hall–Kier alpha value is -3.88. The summed E-state index contributed by atoms with van der Waals surface area (Å²) in [5, 5.41) is 4.10. The number of benzene rings is 3. The van der Waals surface area contributed by atoms with Crippen molar-refractivity contribution in [2.75, 3.05) is 11.9 Å². The average Bonchev–Trinajstić information content (AvgIpc) is 2.82. The average molecular weight is 456 g/mol. The fourth-order valence-corrected chi connectivity index (χ4v) is 3.61. The number of fused-ring (bicyclic) bond motifs is 1. The molecule has 0 aliphatic rings. The summed E-state index contributed by atoms with van der Waals surface area (Å²) in [4.78, 5) is 22.1. The van der Waals surface area contributed by atoms with Crippen molar-refractivity contribution in [1.82, 2.24) is 9.97 Å². The van der Waals surface area contributed by atoms with Gasteiger partial charge in [-0.1, -0.05) is 61.7 Å². The molecule has 0 fully saturated rings. The first-order chi connectivity index (χ1) is 15.9. The second kappa shape index (κ2) is 9.72. The molecular formula is C27H22ClN3O2. The monoisotopic (exact) mass is 455 g/mol. The zero-order chi connectivity index (χ0) is 23.4. The van der Waals surface area contributed by atoms with Crippen molar-refractivity contribution in [2.45, 2.75) is 19.8 Å². The van der Waals surface area contributed by atoms with Gasteiger partial charge in [-0.25, -0.2) is 9.97 Å². The second-order valence-corrected chi connectivity index (χ2v) is 8.25. The Morgan fingerprint density at radius 2 is 1.88 bits per heavy atom. The summed E-state index contributed by atoms with van der Waals surface area (Å²) in [6.07, 6.45) is 5.32. The van der Waals surface area contributed by atoms with Gasteiger partial charge in [0, 0.05) is 21.7 Å². The van der Waals surface area contributed by atoms with Gasteiger partial charge in [-0.15, -0.1) is 6.42 Å². The molecule has 3 aromatic carbocycles. The molecule has 4 aromatic rings. The zero-order valence-electron chi connectivity index (χ0n) is 18.3. The third kappa shape index (κ3) is 5.14. The summed E-state index contributed by atoms with van der Waals surface area (Å²) in [5.74, 6) is 3.11. The van der Waals surface area contributed by atoms with Crippen LogP contribution >= 0.6 is 11.6 Å². The molecule has 1 aromatic heterocycles. The van der Waals surface area contributed by atoms with E-state index in [1.54, 1.807) is 36.4 Å². The molecule has 0 aliphatic heterocycles. The molecule has 1 heterocycles. The molecule has 33 heavy (non-hydrogen) atoms. The number of terminal acetylenes is 1. The first-order valence-corrected chi connectivity index (χ1v) is 10.9. The lowest BCUT2D eigenvalue weighted by Crippen LogP contribution is -2.16. The number of hydrogen-bond donors (Lipinski definition) is 1. The number of nitrogens with one attached hydrogen (secondary N) is 1. The standard InChI is InChI=1S/C27H22ClN3O2/c1-4-14-33-22-12-13-24-23(16-22)25(19-10-8-18(9-11-19)17(2)3)31-26(30-24)27(32)29-21-7-5-6-20(28)15-21/h1,5-13,15-17H,14H2,2-3H3,(H,29,32). The maximum absolute atomic E-state index is 13.0. The van der Waals surface area contributed by atoms with E-state index in [0.717, 1.165) is 10.9 Å². The molecule has 1 amide bonds. The Balaban J connectivity index is 1.80. The van der Waals surface area contributed by atoms with Crippen molar-refractivity contribution < 1.29 is 9.53 Å². The molecule has 0 saturated carbocycles. The van der Waals surface area contributed by atoms with Crippen LogP contribution in [0.2, 0.25) is 5.02 Å². The summed E-state index contributed by atoms with van der Waals surface area (Å²) in [5.41, 5.74) is 3.92. The van der Waals surface area contributed by atoms with Crippen LogP contribution in [-0.2, 0) is 0 Å². The maximum atomic E-state index is 13.0. The lowest BCUT2D eigenvalue weighted by molar-refractivity contribution is 0.101. The van der Waals surface area contributed by atoms with E-state index in [1.807, 2.05) is 18.2 Å². The molecule has 6 heteroatoms. The number of carbonyl (C=O) groups excluding carboxylic acids is 1. The van der Waals surface area contributed by atoms with Crippen molar-refractivity contribution in [3.05, 3.63) is 83.1 Å². The predicted molar refractivity (Wildman–Crippen MR) is 133 cm³/mol. The Bertz CT molecular complexity index is 1360. The molecule has 0 unspecified atom stereocenters. The zero-order valence-corrected chi connectivity index (χ0v) is 19.1. The molecule has 0 bridgehead atoms. The van der Waals surface area contributed by atoms with E-state index >= 15 is 0 Å². The molecule has 1 N–H and O–H groups in total. The number of carbonyl (C=O) groups is 1. The number of hydrogen-bond acceptors (Lipinski definition) is 4. The maximum Gasteiger partial charge on any atom is 0.293 e. The number of amides is 1. The number of ether oxygens (including phenoxy) is 1. The molecule has 0 atom stereocenters. The third-order valence-electron chi connectivity index (χ3n) is 5.13. The van der Waals surface area contributed by atoms with Crippen LogP contribution in [-0.4, -0.2) is 22.5 Å².